The van der Waals surface area contributed by atoms with Gasteiger partial charge in [-0.1, -0.05) is 24.8 Å². The number of rotatable bonds is 7. The first-order valence-electron chi connectivity index (χ1n) is 6.01. The van der Waals surface area contributed by atoms with Crippen molar-refractivity contribution < 1.29 is 23.8 Å². The molecule has 1 aromatic rings. The molecule has 0 saturated carbocycles. The molecule has 1 rings (SSSR count). The zero-order valence-corrected chi connectivity index (χ0v) is 10.8. The van der Waals surface area contributed by atoms with Gasteiger partial charge in [-0.05, 0) is 24.1 Å². The number of aliphatic carboxylic acids is 1. The van der Waals surface area contributed by atoms with Crippen LogP contribution in [0.3, 0.4) is 0 Å². The van der Waals surface area contributed by atoms with Crippen LogP contribution in [0.15, 0.2) is 36.9 Å². The van der Waals surface area contributed by atoms with Crippen LogP contribution in [0.2, 0.25) is 0 Å². The molecule has 0 aliphatic heterocycles. The minimum atomic E-state index is -1.07. The molecule has 0 spiro atoms. The highest BCUT2D eigenvalue weighted by molar-refractivity contribution is 5.72. The third kappa shape index (κ3) is 5.51. The van der Waals surface area contributed by atoms with Gasteiger partial charge in [-0.15, -0.1) is 0 Å². The van der Waals surface area contributed by atoms with Crippen LogP contribution in [-0.2, 0) is 16.0 Å². The zero-order chi connectivity index (χ0) is 15.0. The topological polar surface area (TPSA) is 75.6 Å². The fourth-order valence-electron chi connectivity index (χ4n) is 1.59. The van der Waals surface area contributed by atoms with Crippen LogP contribution < -0.4 is 5.32 Å². The second-order valence-corrected chi connectivity index (χ2v) is 4.14. The summed E-state index contributed by atoms with van der Waals surface area (Å²) in [6, 6.07) is 5.69. The van der Waals surface area contributed by atoms with E-state index in [2.05, 4.69) is 16.6 Å². The molecule has 0 aromatic heterocycles. The van der Waals surface area contributed by atoms with Crippen LogP contribution in [0, 0.1) is 11.7 Å². The number of amides is 1. The highest BCUT2D eigenvalue weighted by Crippen LogP contribution is 2.10. The summed E-state index contributed by atoms with van der Waals surface area (Å²) in [7, 11) is 0. The summed E-state index contributed by atoms with van der Waals surface area (Å²) in [4.78, 5) is 22.3. The largest absolute Gasteiger partial charge is 0.481 e. The van der Waals surface area contributed by atoms with Crippen molar-refractivity contribution in [2.45, 2.75) is 6.42 Å². The molecule has 1 aromatic carbocycles. The van der Waals surface area contributed by atoms with Crippen molar-refractivity contribution in [1.82, 2.24) is 5.32 Å². The fraction of sp³-hybridized carbons (Fsp3) is 0.286. The van der Waals surface area contributed by atoms with E-state index in [1.165, 1.54) is 24.3 Å². The molecule has 1 unspecified atom stereocenters. The highest BCUT2D eigenvalue weighted by Gasteiger charge is 2.19. The van der Waals surface area contributed by atoms with E-state index < -0.39 is 23.8 Å². The van der Waals surface area contributed by atoms with Crippen molar-refractivity contribution in [2.24, 2.45) is 5.92 Å². The number of carboxylic acid groups (broad SMARTS) is 1. The maximum atomic E-state index is 13.0. The predicted octanol–water partition coefficient (Wildman–Crippen LogP) is 1.98. The van der Waals surface area contributed by atoms with Crippen molar-refractivity contribution in [3.05, 3.63) is 48.3 Å². The molecule has 0 aliphatic rings. The van der Waals surface area contributed by atoms with Gasteiger partial charge in [0, 0.05) is 6.54 Å². The second kappa shape index (κ2) is 7.93. The molecule has 1 atom stereocenters. The van der Waals surface area contributed by atoms with Gasteiger partial charge in [-0.2, -0.15) is 0 Å². The van der Waals surface area contributed by atoms with Crippen LogP contribution >= 0.6 is 0 Å². The number of carboxylic acids is 1. The number of hydrogen-bond acceptors (Lipinski definition) is 3. The Morgan fingerprint density at radius 3 is 2.85 bits per heavy atom. The van der Waals surface area contributed by atoms with Gasteiger partial charge >= 0.3 is 12.1 Å². The molecule has 6 heteroatoms. The molecule has 108 valence electrons. The minimum Gasteiger partial charge on any atom is -0.481 e. The van der Waals surface area contributed by atoms with Gasteiger partial charge in [-0.3, -0.25) is 4.79 Å². The van der Waals surface area contributed by atoms with E-state index in [9.17, 15) is 14.0 Å². The van der Waals surface area contributed by atoms with Crippen molar-refractivity contribution in [3.63, 3.8) is 0 Å². The summed E-state index contributed by atoms with van der Waals surface area (Å²) in [6.45, 7) is 3.34. The van der Waals surface area contributed by atoms with Gasteiger partial charge in [0.2, 0.25) is 0 Å². The van der Waals surface area contributed by atoms with Gasteiger partial charge in [0.15, 0.2) is 0 Å². The van der Waals surface area contributed by atoms with Gasteiger partial charge in [-0.25, -0.2) is 9.18 Å². The van der Waals surface area contributed by atoms with Crippen LogP contribution in [0.1, 0.15) is 5.56 Å². The first-order chi connectivity index (χ1) is 9.52. The number of carbonyl (C=O) groups is 2. The van der Waals surface area contributed by atoms with Crippen LogP contribution in [0.4, 0.5) is 9.18 Å². The Morgan fingerprint density at radius 1 is 1.50 bits per heavy atom. The second-order valence-electron chi connectivity index (χ2n) is 4.14. The zero-order valence-electron chi connectivity index (χ0n) is 10.8. The van der Waals surface area contributed by atoms with Gasteiger partial charge in [0.05, 0.1) is 5.92 Å². The molecule has 20 heavy (non-hydrogen) atoms. The van der Waals surface area contributed by atoms with Crippen molar-refractivity contribution in [2.75, 3.05) is 13.2 Å². The number of halogens is 1. The number of ether oxygens (including phenoxy) is 1. The Morgan fingerprint density at radius 2 is 2.25 bits per heavy atom. The molecule has 0 heterocycles. The maximum absolute atomic E-state index is 13.0. The Labute approximate surface area is 116 Å². The van der Waals surface area contributed by atoms with E-state index in [-0.39, 0.29) is 19.6 Å². The van der Waals surface area contributed by atoms with Crippen LogP contribution in [-0.4, -0.2) is 30.3 Å². The lowest BCUT2D eigenvalue weighted by Gasteiger charge is -2.13. The van der Waals surface area contributed by atoms with E-state index in [0.717, 1.165) is 0 Å². The smallest absolute Gasteiger partial charge is 0.407 e. The predicted molar refractivity (Wildman–Crippen MR) is 70.8 cm³/mol. The fourth-order valence-corrected chi connectivity index (χ4v) is 1.59. The minimum absolute atomic E-state index is 0.0491. The summed E-state index contributed by atoms with van der Waals surface area (Å²) >= 11 is 0. The number of alkyl carbamates (subject to hydrolysis) is 1. The maximum Gasteiger partial charge on any atom is 0.407 e. The Hall–Kier alpha value is -2.37. The number of nitrogens with one attached hydrogen (secondary N) is 1. The van der Waals surface area contributed by atoms with Crippen molar-refractivity contribution in [3.8, 4) is 0 Å². The standard InChI is InChI=1S/C14H16FNO4/c1-2-6-20-14(19)16-9-11(13(17)18)7-10-4-3-5-12(15)8-10/h2-5,8,11H,1,6-7,9H2,(H,16,19)(H,17,18). The first kappa shape index (κ1) is 15.7. The van der Waals surface area contributed by atoms with Crippen LogP contribution in [0.5, 0.6) is 0 Å². The SMILES string of the molecule is C=CCOC(=O)NCC(Cc1cccc(F)c1)C(=O)O. The quantitative estimate of drug-likeness (QED) is 0.749. The average molecular weight is 281 g/mol. The molecule has 5 nitrogen and oxygen atoms in total. The molecule has 2 N–H and O–H groups in total. The Balaban J connectivity index is 2.55. The van der Waals surface area contributed by atoms with Gasteiger partial charge < -0.3 is 15.2 Å². The van der Waals surface area contributed by atoms with E-state index >= 15 is 0 Å². The summed E-state index contributed by atoms with van der Waals surface area (Å²) in [6.07, 6.45) is 0.811. The molecule has 0 aliphatic carbocycles. The lowest BCUT2D eigenvalue weighted by Crippen LogP contribution is -2.34. The van der Waals surface area contributed by atoms with Crippen LogP contribution in [0.25, 0.3) is 0 Å². The number of benzene rings is 1. The summed E-state index contributed by atoms with van der Waals surface area (Å²) < 4.78 is 17.7. The molecular weight excluding hydrogens is 265 g/mol. The van der Waals surface area contributed by atoms with Crippen molar-refractivity contribution in [1.29, 1.82) is 0 Å². The summed E-state index contributed by atoms with van der Waals surface area (Å²) in [5.74, 6) is -2.35. The molecule has 1 amide bonds. The first-order valence-corrected chi connectivity index (χ1v) is 6.01. The monoisotopic (exact) mass is 281 g/mol. The third-order valence-corrected chi connectivity index (χ3v) is 2.55. The molecule has 0 bridgehead atoms. The number of carbonyl (C=O) groups excluding carboxylic acids is 1. The molecular formula is C14H16FNO4. The molecule has 0 saturated heterocycles. The normalized spacial score (nSPS) is 11.4. The summed E-state index contributed by atoms with van der Waals surface area (Å²) in [5, 5.41) is 11.4. The lowest BCUT2D eigenvalue weighted by atomic mass is 9.99. The Bertz CT molecular complexity index is 490. The highest BCUT2D eigenvalue weighted by atomic mass is 19.1. The van der Waals surface area contributed by atoms with Gasteiger partial charge in [0.25, 0.3) is 0 Å². The lowest BCUT2D eigenvalue weighted by molar-refractivity contribution is -0.141. The molecule has 0 radical (unpaired) electrons. The van der Waals surface area contributed by atoms with E-state index in [0.29, 0.717) is 5.56 Å². The Kier molecular flexibility index (Phi) is 6.22. The average Bonchev–Trinajstić information content (AvgIpc) is 2.40. The van der Waals surface area contributed by atoms with Gasteiger partial charge in [0.1, 0.15) is 12.4 Å². The van der Waals surface area contributed by atoms with E-state index in [4.69, 9.17) is 5.11 Å². The van der Waals surface area contributed by atoms with Crippen molar-refractivity contribution >= 4 is 12.1 Å². The summed E-state index contributed by atoms with van der Waals surface area (Å²) in [5.41, 5.74) is 0.554. The molecule has 0 fully saturated rings. The van der Waals surface area contributed by atoms with E-state index in [1.807, 2.05) is 0 Å². The van der Waals surface area contributed by atoms with E-state index in [1.54, 1.807) is 6.07 Å². The third-order valence-electron chi connectivity index (χ3n) is 2.55. The number of hydrogen-bond donors (Lipinski definition) is 2.